The van der Waals surface area contributed by atoms with Gasteiger partial charge in [-0.2, -0.15) is 0 Å². The number of allylic oxidation sites excluding steroid dienone is 8. The first-order valence-corrected chi connectivity index (χ1v) is 25.7. The predicted octanol–water partition coefficient (Wildman–Crippen LogP) is 7.10. The summed E-state index contributed by atoms with van der Waals surface area (Å²) < 4.78 is 33.6. The van der Waals surface area contributed by atoms with Crippen LogP contribution in [0.3, 0.4) is 0 Å². The van der Waals surface area contributed by atoms with Crippen LogP contribution < -0.4 is 0 Å². The first kappa shape index (κ1) is 60.6. The van der Waals surface area contributed by atoms with Crippen LogP contribution in [0.4, 0.5) is 0 Å². The van der Waals surface area contributed by atoms with E-state index in [9.17, 15) is 45.3 Å². The van der Waals surface area contributed by atoms with Gasteiger partial charge in [0.2, 0.25) is 0 Å². The fourth-order valence-corrected chi connectivity index (χ4v) is 7.85. The highest BCUT2D eigenvalue weighted by molar-refractivity contribution is 5.70. The van der Waals surface area contributed by atoms with Gasteiger partial charge in [-0.05, 0) is 51.4 Å². The first-order chi connectivity index (χ1) is 32.5. The molecule has 0 aromatic carbocycles. The molecule has 0 aliphatic carbocycles. The predicted molar refractivity (Wildman–Crippen MR) is 257 cm³/mol. The number of ether oxygens (including phenoxy) is 6. The van der Waals surface area contributed by atoms with Gasteiger partial charge in [-0.3, -0.25) is 9.59 Å². The van der Waals surface area contributed by atoms with Gasteiger partial charge in [-0.25, -0.2) is 0 Å². The van der Waals surface area contributed by atoms with Gasteiger partial charge < -0.3 is 64.2 Å². The molecule has 15 heteroatoms. The molecule has 11 atom stereocenters. The SMILES string of the molecule is CC/C=C\C/C=C\C/C=C\C/C=C\CCCCCCCCC(=O)OC(COC(=O)CCCCCCCCCCCCCC)COC1OC(COC2OC(CO)C(O)C(O)C2O)C(O)C(O)C1O. The summed E-state index contributed by atoms with van der Waals surface area (Å²) in [6.07, 6.45) is 25.6. The zero-order valence-corrected chi connectivity index (χ0v) is 40.9. The first-order valence-electron chi connectivity index (χ1n) is 25.7. The van der Waals surface area contributed by atoms with Crippen molar-refractivity contribution in [3.63, 3.8) is 0 Å². The van der Waals surface area contributed by atoms with Crippen LogP contribution in [0.15, 0.2) is 48.6 Å². The van der Waals surface area contributed by atoms with Crippen molar-refractivity contribution < 1.29 is 73.8 Å². The summed E-state index contributed by atoms with van der Waals surface area (Å²) in [5.41, 5.74) is 0. The molecule has 0 saturated carbocycles. The van der Waals surface area contributed by atoms with E-state index in [0.717, 1.165) is 83.5 Å². The average Bonchev–Trinajstić information content (AvgIpc) is 3.32. The summed E-state index contributed by atoms with van der Waals surface area (Å²) in [6, 6.07) is 0. The van der Waals surface area contributed by atoms with Gasteiger partial charge in [0, 0.05) is 12.8 Å². The van der Waals surface area contributed by atoms with Gasteiger partial charge in [-0.15, -0.1) is 0 Å². The number of aliphatic hydroxyl groups is 7. The van der Waals surface area contributed by atoms with Crippen LogP contribution in [-0.2, 0) is 38.0 Å². The third kappa shape index (κ3) is 27.4. The summed E-state index contributed by atoms with van der Waals surface area (Å²) in [5, 5.41) is 72.1. The number of carbonyl (C=O) groups excluding carboxylic acids is 2. The third-order valence-electron chi connectivity index (χ3n) is 12.1. The number of hydrogen-bond acceptors (Lipinski definition) is 15. The lowest BCUT2D eigenvalue weighted by Gasteiger charge is -2.42. The Labute approximate surface area is 401 Å². The fraction of sp³-hybridized carbons (Fsp3) is 0.808. The van der Waals surface area contributed by atoms with Crippen molar-refractivity contribution in [1.82, 2.24) is 0 Å². The number of esters is 2. The Morgan fingerprint density at radius 1 is 0.493 bits per heavy atom. The largest absolute Gasteiger partial charge is 0.462 e. The summed E-state index contributed by atoms with van der Waals surface area (Å²) in [6.45, 7) is 2.45. The Morgan fingerprint density at radius 2 is 0.940 bits per heavy atom. The normalized spacial score (nSPS) is 26.3. The quantitative estimate of drug-likeness (QED) is 0.0185. The lowest BCUT2D eigenvalue weighted by atomic mass is 9.98. The molecule has 67 heavy (non-hydrogen) atoms. The minimum Gasteiger partial charge on any atom is -0.462 e. The Bertz CT molecular complexity index is 1350. The van der Waals surface area contributed by atoms with Crippen LogP contribution >= 0.6 is 0 Å². The van der Waals surface area contributed by atoms with Gasteiger partial charge in [0.05, 0.1) is 19.8 Å². The summed E-state index contributed by atoms with van der Waals surface area (Å²) in [7, 11) is 0. The molecule has 2 fully saturated rings. The molecule has 0 amide bonds. The van der Waals surface area contributed by atoms with E-state index < -0.39 is 92.7 Å². The van der Waals surface area contributed by atoms with Crippen LogP contribution in [0.1, 0.15) is 174 Å². The van der Waals surface area contributed by atoms with Crippen molar-refractivity contribution in [2.24, 2.45) is 0 Å². The van der Waals surface area contributed by atoms with Crippen LogP contribution in [0.25, 0.3) is 0 Å². The van der Waals surface area contributed by atoms with Crippen molar-refractivity contribution >= 4 is 11.9 Å². The van der Waals surface area contributed by atoms with Crippen molar-refractivity contribution in [2.45, 2.75) is 242 Å². The second kappa shape index (κ2) is 39.2. The minimum absolute atomic E-state index is 0.149. The van der Waals surface area contributed by atoms with Crippen LogP contribution in [0.2, 0.25) is 0 Å². The van der Waals surface area contributed by atoms with E-state index in [1.54, 1.807) is 0 Å². The molecular weight excluding hydrogens is 865 g/mol. The molecule has 2 rings (SSSR count). The Morgan fingerprint density at radius 3 is 1.48 bits per heavy atom. The molecule has 0 aromatic heterocycles. The molecule has 11 unspecified atom stereocenters. The zero-order valence-electron chi connectivity index (χ0n) is 40.9. The minimum atomic E-state index is -1.77. The molecule has 0 aromatic rings. The Balaban J connectivity index is 1.81. The van der Waals surface area contributed by atoms with Gasteiger partial charge in [0.25, 0.3) is 0 Å². The van der Waals surface area contributed by atoms with Crippen LogP contribution in [-0.4, -0.2) is 142 Å². The molecule has 2 saturated heterocycles. The second-order valence-corrected chi connectivity index (χ2v) is 18.0. The lowest BCUT2D eigenvalue weighted by molar-refractivity contribution is -0.332. The maximum absolute atomic E-state index is 13.0. The van der Waals surface area contributed by atoms with E-state index in [-0.39, 0.29) is 26.1 Å². The highest BCUT2D eigenvalue weighted by atomic mass is 16.7. The number of hydrogen-bond donors (Lipinski definition) is 7. The number of carbonyl (C=O) groups is 2. The number of rotatable bonds is 39. The number of aliphatic hydroxyl groups excluding tert-OH is 7. The monoisotopic (exact) mass is 955 g/mol. The standard InChI is InChI=1S/C52H90O15/c1-3-5-7-9-11-13-15-17-18-19-20-21-22-23-25-27-29-31-33-35-44(55)65-40(37-62-43(54)34-32-30-28-26-24-16-14-12-10-8-6-4-2)38-63-51-50(61)48(59)46(57)42(67-51)39-64-52-49(60)47(58)45(56)41(36-53)66-52/h5,7,11,13,17-18,20-21,40-42,45-53,56-61H,3-4,6,8-10,12,14-16,19,22-39H2,1-2H3/b7-5-,13-11-,18-17-,21-20-. The second-order valence-electron chi connectivity index (χ2n) is 18.0. The topological polar surface area (TPSA) is 231 Å². The van der Waals surface area contributed by atoms with Crippen molar-refractivity contribution in [3.05, 3.63) is 48.6 Å². The molecule has 0 spiro atoms. The Hall–Kier alpha value is -2.54. The highest BCUT2D eigenvalue weighted by Crippen LogP contribution is 2.26. The molecule has 2 aliphatic rings. The van der Waals surface area contributed by atoms with Crippen LogP contribution in [0, 0.1) is 0 Å². The summed E-state index contributed by atoms with van der Waals surface area (Å²) >= 11 is 0. The summed E-state index contributed by atoms with van der Waals surface area (Å²) in [5.74, 6) is -0.940. The maximum atomic E-state index is 13.0. The zero-order chi connectivity index (χ0) is 48.9. The molecule has 0 bridgehead atoms. The van der Waals surface area contributed by atoms with E-state index in [2.05, 4.69) is 62.5 Å². The molecule has 7 N–H and O–H groups in total. The van der Waals surface area contributed by atoms with Crippen LogP contribution in [0.5, 0.6) is 0 Å². The lowest BCUT2D eigenvalue weighted by Crippen LogP contribution is -2.61. The smallest absolute Gasteiger partial charge is 0.306 e. The Kier molecular flexibility index (Phi) is 35.5. The molecule has 0 radical (unpaired) electrons. The molecule has 2 aliphatic heterocycles. The van der Waals surface area contributed by atoms with Crippen molar-refractivity contribution in [1.29, 1.82) is 0 Å². The van der Waals surface area contributed by atoms with E-state index in [1.165, 1.54) is 51.4 Å². The van der Waals surface area contributed by atoms with Gasteiger partial charge >= 0.3 is 11.9 Å². The summed E-state index contributed by atoms with van der Waals surface area (Å²) in [4.78, 5) is 25.7. The van der Waals surface area contributed by atoms with E-state index >= 15 is 0 Å². The van der Waals surface area contributed by atoms with E-state index in [1.807, 2.05) is 0 Å². The molecule has 2 heterocycles. The highest BCUT2D eigenvalue weighted by Gasteiger charge is 2.47. The average molecular weight is 955 g/mol. The van der Waals surface area contributed by atoms with E-state index in [4.69, 9.17) is 28.4 Å². The van der Waals surface area contributed by atoms with E-state index in [0.29, 0.717) is 12.8 Å². The third-order valence-corrected chi connectivity index (χ3v) is 12.1. The van der Waals surface area contributed by atoms with Gasteiger partial charge in [0.1, 0.15) is 55.4 Å². The van der Waals surface area contributed by atoms with Crippen molar-refractivity contribution in [2.75, 3.05) is 26.4 Å². The van der Waals surface area contributed by atoms with Gasteiger partial charge in [-0.1, -0.05) is 159 Å². The molecule has 388 valence electrons. The van der Waals surface area contributed by atoms with Crippen molar-refractivity contribution in [3.8, 4) is 0 Å². The molecular formula is C52H90O15. The fourth-order valence-electron chi connectivity index (χ4n) is 7.85. The van der Waals surface area contributed by atoms with Gasteiger partial charge in [0.15, 0.2) is 18.7 Å². The maximum Gasteiger partial charge on any atom is 0.306 e. The number of unbranched alkanes of at least 4 members (excludes halogenated alkanes) is 17. The molecule has 15 nitrogen and oxygen atoms in total.